The maximum Gasteiger partial charge on any atom is 0.232 e. The number of nitrogen functional groups attached to an aromatic ring is 1. The lowest BCUT2D eigenvalue weighted by Crippen LogP contribution is -2.37. The zero-order valence-corrected chi connectivity index (χ0v) is 11.7. The lowest BCUT2D eigenvalue weighted by atomic mass is 9.94. The zero-order valence-electron chi connectivity index (χ0n) is 11.7. The fourth-order valence-electron chi connectivity index (χ4n) is 2.47. The predicted molar refractivity (Wildman–Crippen MR) is 75.9 cm³/mol. The first kappa shape index (κ1) is 13.9. The molecule has 0 spiro atoms. The molecule has 1 amide bonds. The molecular formula is C15H22N2O2. The number of anilines is 1. The summed E-state index contributed by atoms with van der Waals surface area (Å²) in [5.41, 5.74) is 7.23. The number of nitrogens with two attached hydrogens (primary N) is 1. The van der Waals surface area contributed by atoms with Crippen LogP contribution < -0.4 is 5.73 Å². The van der Waals surface area contributed by atoms with Gasteiger partial charge in [-0.2, -0.15) is 0 Å². The van der Waals surface area contributed by atoms with E-state index in [9.17, 15) is 4.79 Å². The average molecular weight is 262 g/mol. The Morgan fingerprint density at radius 2 is 2.00 bits per heavy atom. The minimum atomic E-state index is -0.296. The van der Waals surface area contributed by atoms with E-state index in [0.717, 1.165) is 37.1 Å². The van der Waals surface area contributed by atoms with Crippen LogP contribution in [0.2, 0.25) is 0 Å². The van der Waals surface area contributed by atoms with E-state index in [1.165, 1.54) is 0 Å². The number of amides is 1. The quantitative estimate of drug-likeness (QED) is 0.628. The van der Waals surface area contributed by atoms with Crippen LogP contribution in [0.4, 0.5) is 5.69 Å². The summed E-state index contributed by atoms with van der Waals surface area (Å²) in [5.74, 6) is 0.216. The van der Waals surface area contributed by atoms with Gasteiger partial charge in [-0.3, -0.25) is 4.79 Å². The van der Waals surface area contributed by atoms with E-state index in [0.29, 0.717) is 6.61 Å². The van der Waals surface area contributed by atoms with Crippen LogP contribution in [0, 0.1) is 0 Å². The van der Waals surface area contributed by atoms with Crippen molar-refractivity contribution < 1.29 is 9.53 Å². The third-order valence-electron chi connectivity index (χ3n) is 3.81. The van der Waals surface area contributed by atoms with Crippen LogP contribution in [0.3, 0.4) is 0 Å². The van der Waals surface area contributed by atoms with Crippen molar-refractivity contribution in [1.29, 1.82) is 0 Å². The molecule has 1 aliphatic rings. The van der Waals surface area contributed by atoms with Crippen molar-refractivity contribution in [3.63, 3.8) is 0 Å². The summed E-state index contributed by atoms with van der Waals surface area (Å²) in [6.07, 6.45) is 2.74. The molecule has 4 heteroatoms. The molecule has 4 nitrogen and oxygen atoms in total. The molecule has 2 rings (SSSR count). The van der Waals surface area contributed by atoms with Crippen LogP contribution in [0.5, 0.6) is 0 Å². The molecule has 0 aromatic heterocycles. The van der Waals surface area contributed by atoms with Gasteiger partial charge in [0.15, 0.2) is 0 Å². The van der Waals surface area contributed by atoms with Crippen LogP contribution in [-0.4, -0.2) is 38.1 Å². The highest BCUT2D eigenvalue weighted by Crippen LogP contribution is 2.49. The van der Waals surface area contributed by atoms with Crippen LogP contribution in [0.1, 0.15) is 24.8 Å². The third-order valence-corrected chi connectivity index (χ3v) is 3.81. The minimum Gasteiger partial charge on any atom is -0.399 e. The molecule has 0 unspecified atom stereocenters. The zero-order chi connectivity index (χ0) is 13.9. The summed E-state index contributed by atoms with van der Waals surface area (Å²) >= 11 is 0. The molecule has 1 fully saturated rings. The normalized spacial score (nSPS) is 16.1. The topological polar surface area (TPSA) is 55.6 Å². The van der Waals surface area contributed by atoms with E-state index in [-0.39, 0.29) is 11.3 Å². The van der Waals surface area contributed by atoms with Gasteiger partial charge in [-0.25, -0.2) is 0 Å². The maximum absolute atomic E-state index is 12.6. The van der Waals surface area contributed by atoms with Gasteiger partial charge in [0.1, 0.15) is 0 Å². The van der Waals surface area contributed by atoms with Gasteiger partial charge in [-0.15, -0.1) is 0 Å². The SMILES string of the molecule is COCCCN(C)C(=O)C1(c2ccc(N)cc2)CC1. The first-order chi connectivity index (χ1) is 9.10. The summed E-state index contributed by atoms with van der Waals surface area (Å²) in [5, 5.41) is 0. The minimum absolute atomic E-state index is 0.216. The molecular weight excluding hydrogens is 240 g/mol. The standard InChI is InChI=1S/C15H22N2O2/c1-17(10-3-11-19-2)14(18)15(8-9-15)12-4-6-13(16)7-5-12/h4-7H,3,8-11,16H2,1-2H3. The Morgan fingerprint density at radius 3 is 2.53 bits per heavy atom. The number of carbonyl (C=O) groups is 1. The van der Waals surface area contributed by atoms with Gasteiger partial charge in [0.05, 0.1) is 5.41 Å². The largest absolute Gasteiger partial charge is 0.399 e. The Balaban J connectivity index is 2.03. The lowest BCUT2D eigenvalue weighted by molar-refractivity contribution is -0.132. The van der Waals surface area contributed by atoms with E-state index in [4.69, 9.17) is 10.5 Å². The number of rotatable bonds is 6. The van der Waals surface area contributed by atoms with E-state index in [2.05, 4.69) is 0 Å². The number of ether oxygens (including phenoxy) is 1. The number of hydrogen-bond acceptors (Lipinski definition) is 3. The first-order valence-corrected chi connectivity index (χ1v) is 6.71. The molecule has 1 aliphatic carbocycles. The van der Waals surface area contributed by atoms with Crippen LogP contribution in [-0.2, 0) is 14.9 Å². The third kappa shape index (κ3) is 2.89. The van der Waals surface area contributed by atoms with E-state index >= 15 is 0 Å². The van der Waals surface area contributed by atoms with Crippen molar-refractivity contribution >= 4 is 11.6 Å². The molecule has 104 valence electrons. The van der Waals surface area contributed by atoms with E-state index in [1.54, 1.807) is 7.11 Å². The summed E-state index contributed by atoms with van der Waals surface area (Å²) < 4.78 is 5.02. The highest BCUT2D eigenvalue weighted by molar-refractivity contribution is 5.91. The fraction of sp³-hybridized carbons (Fsp3) is 0.533. The highest BCUT2D eigenvalue weighted by atomic mass is 16.5. The second-order valence-corrected chi connectivity index (χ2v) is 5.28. The lowest BCUT2D eigenvalue weighted by Gasteiger charge is -2.24. The Bertz CT molecular complexity index is 438. The Kier molecular flexibility index (Phi) is 4.10. The second kappa shape index (κ2) is 5.61. The predicted octanol–water partition coefficient (Wildman–Crippen LogP) is 1.80. The van der Waals surface area contributed by atoms with Crippen molar-refractivity contribution in [2.45, 2.75) is 24.7 Å². The van der Waals surface area contributed by atoms with Crippen molar-refractivity contribution in [2.75, 3.05) is 33.0 Å². The Morgan fingerprint density at radius 1 is 1.37 bits per heavy atom. The first-order valence-electron chi connectivity index (χ1n) is 6.71. The van der Waals surface area contributed by atoms with E-state index < -0.39 is 0 Å². The van der Waals surface area contributed by atoms with Gasteiger partial charge in [-0.1, -0.05) is 12.1 Å². The van der Waals surface area contributed by atoms with Gasteiger partial charge >= 0.3 is 0 Å². The number of likely N-dealkylation sites (N-methyl/N-ethyl adjacent to an activating group) is 1. The highest BCUT2D eigenvalue weighted by Gasteiger charge is 2.52. The van der Waals surface area contributed by atoms with Gasteiger partial charge < -0.3 is 15.4 Å². The maximum atomic E-state index is 12.6. The van der Waals surface area contributed by atoms with Crippen LogP contribution >= 0.6 is 0 Å². The van der Waals surface area contributed by atoms with E-state index in [1.807, 2.05) is 36.2 Å². The molecule has 0 heterocycles. The molecule has 0 saturated heterocycles. The number of hydrogen-bond donors (Lipinski definition) is 1. The number of methoxy groups -OCH3 is 1. The van der Waals surface area contributed by atoms with Crippen molar-refractivity contribution in [3.8, 4) is 0 Å². The van der Waals surface area contributed by atoms with Crippen molar-refractivity contribution in [2.24, 2.45) is 0 Å². The molecule has 0 radical (unpaired) electrons. The Hall–Kier alpha value is -1.55. The summed E-state index contributed by atoms with van der Waals surface area (Å²) in [7, 11) is 3.55. The molecule has 0 aliphatic heterocycles. The smallest absolute Gasteiger partial charge is 0.232 e. The number of benzene rings is 1. The molecule has 1 saturated carbocycles. The summed E-state index contributed by atoms with van der Waals surface area (Å²) in [6.45, 7) is 1.43. The van der Waals surface area contributed by atoms with Gasteiger partial charge in [0, 0.05) is 33.0 Å². The van der Waals surface area contributed by atoms with Gasteiger partial charge in [0.2, 0.25) is 5.91 Å². The van der Waals surface area contributed by atoms with Crippen molar-refractivity contribution in [1.82, 2.24) is 4.90 Å². The van der Waals surface area contributed by atoms with Crippen LogP contribution in [0.25, 0.3) is 0 Å². The summed E-state index contributed by atoms with van der Waals surface area (Å²) in [6, 6.07) is 7.69. The van der Waals surface area contributed by atoms with Gasteiger partial charge in [-0.05, 0) is 37.0 Å². The van der Waals surface area contributed by atoms with Crippen molar-refractivity contribution in [3.05, 3.63) is 29.8 Å². The molecule has 0 atom stereocenters. The number of carbonyl (C=O) groups excluding carboxylic acids is 1. The monoisotopic (exact) mass is 262 g/mol. The molecule has 2 N–H and O–H groups in total. The van der Waals surface area contributed by atoms with Gasteiger partial charge in [0.25, 0.3) is 0 Å². The molecule has 19 heavy (non-hydrogen) atoms. The second-order valence-electron chi connectivity index (χ2n) is 5.28. The number of nitrogens with zero attached hydrogens (tertiary/aromatic N) is 1. The Labute approximate surface area is 114 Å². The molecule has 0 bridgehead atoms. The average Bonchev–Trinajstić information content (AvgIpc) is 3.20. The molecule has 1 aromatic rings. The van der Waals surface area contributed by atoms with Crippen LogP contribution in [0.15, 0.2) is 24.3 Å². The fourth-order valence-corrected chi connectivity index (χ4v) is 2.47. The molecule has 1 aromatic carbocycles. The summed E-state index contributed by atoms with van der Waals surface area (Å²) in [4.78, 5) is 14.4.